The molecule has 0 radical (unpaired) electrons. The van der Waals surface area contributed by atoms with Crippen LogP contribution in [0.3, 0.4) is 0 Å². The largest absolute Gasteiger partial charge is 0.468 e. The highest BCUT2D eigenvalue weighted by Gasteiger charge is 2.32. The van der Waals surface area contributed by atoms with Crippen LogP contribution in [0.1, 0.15) is 26.7 Å². The molecule has 1 aliphatic rings. The summed E-state index contributed by atoms with van der Waals surface area (Å²) in [7, 11) is 1.34. The number of nitrogens with zero attached hydrogens (tertiary/aromatic N) is 1. The highest BCUT2D eigenvalue weighted by atomic mass is 16.5. The molecular weight excluding hydrogens is 194 g/mol. The SMILES string of the molecule is COC(=O)CN1CCC(CC(C)C)C1=O. The Hall–Kier alpha value is -1.06. The number of carbonyl (C=O) groups is 2. The number of likely N-dealkylation sites (tertiary alicyclic amines) is 1. The van der Waals surface area contributed by atoms with Crippen molar-refractivity contribution in [1.82, 2.24) is 4.90 Å². The normalized spacial score (nSPS) is 21.2. The number of hydrogen-bond acceptors (Lipinski definition) is 3. The average molecular weight is 213 g/mol. The molecule has 0 aromatic carbocycles. The predicted octanol–water partition coefficient (Wildman–Crippen LogP) is 1.05. The van der Waals surface area contributed by atoms with Crippen LogP contribution >= 0.6 is 0 Å². The molecule has 0 aromatic rings. The number of hydrogen-bond donors (Lipinski definition) is 0. The summed E-state index contributed by atoms with van der Waals surface area (Å²) in [6, 6.07) is 0. The van der Waals surface area contributed by atoms with Crippen molar-refractivity contribution in [3.8, 4) is 0 Å². The lowest BCUT2D eigenvalue weighted by Gasteiger charge is -2.15. The Balaban J connectivity index is 2.45. The Kier molecular flexibility index (Phi) is 4.12. The lowest BCUT2D eigenvalue weighted by molar-refractivity contribution is -0.146. The van der Waals surface area contributed by atoms with Crippen LogP contribution in [0.2, 0.25) is 0 Å². The molecule has 86 valence electrons. The maximum absolute atomic E-state index is 11.8. The first-order chi connectivity index (χ1) is 7.04. The third-order valence-electron chi connectivity index (χ3n) is 2.71. The molecule has 1 unspecified atom stereocenters. The zero-order chi connectivity index (χ0) is 11.4. The highest BCUT2D eigenvalue weighted by Crippen LogP contribution is 2.24. The smallest absolute Gasteiger partial charge is 0.325 e. The minimum atomic E-state index is -0.339. The molecule has 0 N–H and O–H groups in total. The van der Waals surface area contributed by atoms with Crippen molar-refractivity contribution in [2.24, 2.45) is 11.8 Å². The maximum Gasteiger partial charge on any atom is 0.325 e. The second-order valence-corrected chi connectivity index (χ2v) is 4.45. The molecule has 1 atom stereocenters. The Morgan fingerprint density at radius 1 is 1.60 bits per heavy atom. The molecule has 4 heteroatoms. The van der Waals surface area contributed by atoms with E-state index in [1.807, 2.05) is 0 Å². The van der Waals surface area contributed by atoms with Crippen molar-refractivity contribution < 1.29 is 14.3 Å². The minimum absolute atomic E-state index is 0.101. The van der Waals surface area contributed by atoms with E-state index in [4.69, 9.17) is 0 Å². The number of esters is 1. The Morgan fingerprint density at radius 3 is 2.80 bits per heavy atom. The van der Waals surface area contributed by atoms with Crippen molar-refractivity contribution in [2.75, 3.05) is 20.2 Å². The van der Waals surface area contributed by atoms with Crippen LogP contribution in [0, 0.1) is 11.8 Å². The number of ether oxygens (including phenoxy) is 1. The molecule has 1 heterocycles. The van der Waals surface area contributed by atoms with Gasteiger partial charge in [0, 0.05) is 12.5 Å². The first kappa shape index (κ1) is 12.0. The van der Waals surface area contributed by atoms with Gasteiger partial charge in [-0.25, -0.2) is 0 Å². The topological polar surface area (TPSA) is 46.6 Å². The van der Waals surface area contributed by atoms with E-state index in [0.29, 0.717) is 12.5 Å². The molecule has 1 rings (SSSR count). The zero-order valence-electron chi connectivity index (χ0n) is 9.66. The van der Waals surface area contributed by atoms with Gasteiger partial charge < -0.3 is 9.64 Å². The number of amides is 1. The summed E-state index contributed by atoms with van der Waals surface area (Å²) in [4.78, 5) is 24.4. The summed E-state index contributed by atoms with van der Waals surface area (Å²) in [5, 5.41) is 0. The summed E-state index contributed by atoms with van der Waals surface area (Å²) in [5.74, 6) is 0.398. The Morgan fingerprint density at radius 2 is 2.27 bits per heavy atom. The molecular formula is C11H19NO3. The molecule has 1 fully saturated rings. The van der Waals surface area contributed by atoms with Crippen LogP contribution in [0.25, 0.3) is 0 Å². The van der Waals surface area contributed by atoms with Gasteiger partial charge in [-0.3, -0.25) is 9.59 Å². The summed E-state index contributed by atoms with van der Waals surface area (Å²) in [6.45, 7) is 5.00. The molecule has 4 nitrogen and oxygen atoms in total. The molecule has 1 saturated heterocycles. The van der Waals surface area contributed by atoms with E-state index >= 15 is 0 Å². The summed E-state index contributed by atoms with van der Waals surface area (Å²) < 4.78 is 4.54. The van der Waals surface area contributed by atoms with Crippen molar-refractivity contribution in [2.45, 2.75) is 26.7 Å². The highest BCUT2D eigenvalue weighted by molar-refractivity contribution is 5.85. The van der Waals surface area contributed by atoms with Gasteiger partial charge in [0.25, 0.3) is 0 Å². The van der Waals surface area contributed by atoms with Crippen molar-refractivity contribution in [1.29, 1.82) is 0 Å². The molecule has 0 spiro atoms. The summed E-state index contributed by atoms with van der Waals surface area (Å²) >= 11 is 0. The van der Waals surface area contributed by atoms with Gasteiger partial charge in [-0.05, 0) is 18.8 Å². The van der Waals surface area contributed by atoms with Crippen LogP contribution in [-0.2, 0) is 14.3 Å². The van der Waals surface area contributed by atoms with E-state index in [0.717, 1.165) is 12.8 Å². The van der Waals surface area contributed by atoms with E-state index in [9.17, 15) is 9.59 Å². The van der Waals surface area contributed by atoms with Crippen LogP contribution in [0.15, 0.2) is 0 Å². The van der Waals surface area contributed by atoms with E-state index < -0.39 is 0 Å². The van der Waals surface area contributed by atoms with E-state index in [1.54, 1.807) is 4.90 Å². The van der Waals surface area contributed by atoms with Gasteiger partial charge in [0.15, 0.2) is 0 Å². The van der Waals surface area contributed by atoms with Crippen molar-refractivity contribution >= 4 is 11.9 Å². The monoisotopic (exact) mass is 213 g/mol. The summed E-state index contributed by atoms with van der Waals surface area (Å²) in [6.07, 6.45) is 1.78. The van der Waals surface area contributed by atoms with Gasteiger partial charge in [0.05, 0.1) is 7.11 Å². The molecule has 0 aliphatic carbocycles. The summed E-state index contributed by atoms with van der Waals surface area (Å²) in [5.41, 5.74) is 0. The van der Waals surface area contributed by atoms with Crippen molar-refractivity contribution in [3.05, 3.63) is 0 Å². The van der Waals surface area contributed by atoms with E-state index in [-0.39, 0.29) is 24.3 Å². The third kappa shape index (κ3) is 3.22. The zero-order valence-corrected chi connectivity index (χ0v) is 9.66. The van der Waals surface area contributed by atoms with Gasteiger partial charge in [0.1, 0.15) is 6.54 Å². The first-order valence-electron chi connectivity index (χ1n) is 5.40. The number of carbonyl (C=O) groups excluding carboxylic acids is 2. The molecule has 0 aromatic heterocycles. The second kappa shape index (κ2) is 5.14. The van der Waals surface area contributed by atoms with Gasteiger partial charge in [-0.2, -0.15) is 0 Å². The molecule has 1 aliphatic heterocycles. The van der Waals surface area contributed by atoms with E-state index in [2.05, 4.69) is 18.6 Å². The van der Waals surface area contributed by atoms with E-state index in [1.165, 1.54) is 7.11 Å². The van der Waals surface area contributed by atoms with Gasteiger partial charge >= 0.3 is 5.97 Å². The van der Waals surface area contributed by atoms with Crippen LogP contribution in [0.4, 0.5) is 0 Å². The first-order valence-corrected chi connectivity index (χ1v) is 5.40. The molecule has 0 saturated carbocycles. The Bertz CT molecular complexity index is 250. The standard InChI is InChI=1S/C11H19NO3/c1-8(2)6-9-4-5-12(11(9)14)7-10(13)15-3/h8-9H,4-7H2,1-3H3. The lowest BCUT2D eigenvalue weighted by Crippen LogP contribution is -2.33. The fourth-order valence-corrected chi connectivity index (χ4v) is 1.97. The van der Waals surface area contributed by atoms with Gasteiger partial charge in [-0.15, -0.1) is 0 Å². The van der Waals surface area contributed by atoms with Crippen molar-refractivity contribution in [3.63, 3.8) is 0 Å². The molecule has 0 bridgehead atoms. The van der Waals surface area contributed by atoms with Crippen LogP contribution in [0.5, 0.6) is 0 Å². The minimum Gasteiger partial charge on any atom is -0.468 e. The van der Waals surface area contributed by atoms with Gasteiger partial charge in [0.2, 0.25) is 5.91 Å². The predicted molar refractivity (Wildman–Crippen MR) is 56.2 cm³/mol. The van der Waals surface area contributed by atoms with Crippen LogP contribution < -0.4 is 0 Å². The molecule has 15 heavy (non-hydrogen) atoms. The van der Waals surface area contributed by atoms with Gasteiger partial charge in [-0.1, -0.05) is 13.8 Å². The second-order valence-electron chi connectivity index (χ2n) is 4.45. The number of methoxy groups -OCH3 is 1. The quantitative estimate of drug-likeness (QED) is 0.656. The Labute approximate surface area is 90.6 Å². The van der Waals surface area contributed by atoms with Crippen LogP contribution in [-0.4, -0.2) is 37.0 Å². The lowest BCUT2D eigenvalue weighted by atomic mass is 9.96. The maximum atomic E-state index is 11.8. The fraction of sp³-hybridized carbons (Fsp3) is 0.818. The third-order valence-corrected chi connectivity index (χ3v) is 2.71. The number of rotatable bonds is 4. The fourth-order valence-electron chi connectivity index (χ4n) is 1.97. The average Bonchev–Trinajstić information content (AvgIpc) is 2.49. The molecule has 1 amide bonds.